The maximum absolute atomic E-state index is 12.1. The Morgan fingerprint density at radius 3 is 2.38 bits per heavy atom. The first-order valence-electron chi connectivity index (χ1n) is 8.31. The van der Waals surface area contributed by atoms with Gasteiger partial charge in [0.25, 0.3) is 0 Å². The van der Waals surface area contributed by atoms with Crippen LogP contribution in [0.5, 0.6) is 0 Å². The van der Waals surface area contributed by atoms with Crippen molar-refractivity contribution in [3.63, 3.8) is 0 Å². The fourth-order valence-electron chi connectivity index (χ4n) is 2.08. The molecule has 7 nitrogen and oxygen atoms in total. The first-order chi connectivity index (χ1) is 10.8. The highest BCUT2D eigenvalue weighted by atomic mass is 127. The lowest BCUT2D eigenvalue weighted by atomic mass is 10.3. The molecule has 0 aromatic heterocycles. The van der Waals surface area contributed by atoms with Gasteiger partial charge >= 0.3 is 0 Å². The van der Waals surface area contributed by atoms with Gasteiger partial charge in [-0.05, 0) is 27.7 Å². The smallest absolute Gasteiger partial charge is 0.191 e. The number of rotatable bonds is 7. The average molecular weight is 476 g/mol. The molecule has 144 valence electrons. The van der Waals surface area contributed by atoms with Gasteiger partial charge in [-0.25, -0.2) is 8.42 Å². The van der Waals surface area contributed by atoms with Gasteiger partial charge in [0.15, 0.2) is 15.8 Å². The largest absolute Gasteiger partial charge is 0.379 e. The Hall–Kier alpha value is -0.130. The van der Waals surface area contributed by atoms with Crippen molar-refractivity contribution in [2.75, 3.05) is 58.2 Å². The number of aliphatic imine (C=N–C) groups is 1. The van der Waals surface area contributed by atoms with Gasteiger partial charge in [0.05, 0.1) is 30.3 Å². The highest BCUT2D eigenvalue weighted by Crippen LogP contribution is 2.15. The molecular formula is C15H33IN4O3S. The van der Waals surface area contributed by atoms with Crippen molar-refractivity contribution in [1.29, 1.82) is 0 Å². The van der Waals surface area contributed by atoms with Crippen LogP contribution in [-0.4, -0.2) is 82.3 Å². The van der Waals surface area contributed by atoms with E-state index >= 15 is 0 Å². The molecule has 0 unspecified atom stereocenters. The molecule has 1 saturated heterocycles. The molecule has 0 aromatic carbocycles. The van der Waals surface area contributed by atoms with Gasteiger partial charge < -0.3 is 15.4 Å². The summed E-state index contributed by atoms with van der Waals surface area (Å²) in [6.07, 6.45) is 0. The van der Waals surface area contributed by atoms with E-state index in [1.54, 1.807) is 20.8 Å². The predicted molar refractivity (Wildman–Crippen MR) is 110 cm³/mol. The minimum absolute atomic E-state index is 0. The molecule has 1 aliphatic rings. The third kappa shape index (κ3) is 8.82. The molecule has 2 N–H and O–H groups in total. The van der Waals surface area contributed by atoms with Crippen LogP contribution in [0.25, 0.3) is 0 Å². The van der Waals surface area contributed by atoms with Crippen molar-refractivity contribution in [2.24, 2.45) is 4.99 Å². The van der Waals surface area contributed by atoms with E-state index in [2.05, 4.69) is 20.5 Å². The fourth-order valence-corrected chi connectivity index (χ4v) is 3.06. The molecule has 0 radical (unpaired) electrons. The Bertz CT molecular complexity index is 472. The zero-order chi connectivity index (χ0) is 17.3. The third-order valence-corrected chi connectivity index (χ3v) is 6.34. The number of halogens is 1. The summed E-state index contributed by atoms with van der Waals surface area (Å²) >= 11 is 0. The molecule has 1 fully saturated rings. The van der Waals surface area contributed by atoms with Crippen LogP contribution < -0.4 is 10.6 Å². The van der Waals surface area contributed by atoms with Crippen molar-refractivity contribution in [2.45, 2.75) is 32.4 Å². The van der Waals surface area contributed by atoms with Crippen LogP contribution in [0.15, 0.2) is 4.99 Å². The minimum atomic E-state index is -3.11. The monoisotopic (exact) mass is 476 g/mol. The molecule has 0 amide bonds. The van der Waals surface area contributed by atoms with Crippen LogP contribution in [-0.2, 0) is 14.6 Å². The number of sulfone groups is 1. The topological polar surface area (TPSA) is 83.0 Å². The number of ether oxygens (including phenoxy) is 1. The standard InChI is InChI=1S/C15H32N4O3S.HI/c1-5-16-14(17-6-8-19-9-11-22-12-10-19)18-7-13-23(20,21)15(2,3)4;/h5-13H2,1-4H3,(H2,16,17,18);1H. The number of nitrogens with one attached hydrogen (secondary N) is 2. The van der Waals surface area contributed by atoms with Crippen molar-refractivity contribution in [3.8, 4) is 0 Å². The summed E-state index contributed by atoms with van der Waals surface area (Å²) in [6, 6.07) is 0. The second-order valence-corrected chi connectivity index (χ2v) is 9.44. The summed E-state index contributed by atoms with van der Waals surface area (Å²) < 4.78 is 28.8. The van der Waals surface area contributed by atoms with E-state index in [4.69, 9.17) is 4.74 Å². The average Bonchev–Trinajstić information content (AvgIpc) is 2.47. The van der Waals surface area contributed by atoms with Gasteiger partial charge in [0.2, 0.25) is 0 Å². The molecule has 1 aliphatic heterocycles. The van der Waals surface area contributed by atoms with Gasteiger partial charge in [0.1, 0.15) is 0 Å². The molecule has 0 aromatic rings. The van der Waals surface area contributed by atoms with Gasteiger partial charge in [0, 0.05) is 32.7 Å². The highest BCUT2D eigenvalue weighted by Gasteiger charge is 2.28. The lowest BCUT2D eigenvalue weighted by molar-refractivity contribution is 0.0394. The Kier molecular flexibility index (Phi) is 11.4. The zero-order valence-corrected chi connectivity index (χ0v) is 18.4. The van der Waals surface area contributed by atoms with Crippen molar-refractivity contribution < 1.29 is 13.2 Å². The maximum atomic E-state index is 12.1. The van der Waals surface area contributed by atoms with E-state index in [1.165, 1.54) is 0 Å². The molecule has 1 heterocycles. The molecular weight excluding hydrogens is 443 g/mol. The fraction of sp³-hybridized carbons (Fsp3) is 0.933. The molecule has 0 aliphatic carbocycles. The van der Waals surface area contributed by atoms with Crippen LogP contribution in [0, 0.1) is 0 Å². The highest BCUT2D eigenvalue weighted by molar-refractivity contribution is 14.0. The van der Waals surface area contributed by atoms with E-state index in [1.807, 2.05) is 6.92 Å². The Labute approximate surface area is 163 Å². The molecule has 24 heavy (non-hydrogen) atoms. The van der Waals surface area contributed by atoms with Crippen LogP contribution in [0.4, 0.5) is 0 Å². The van der Waals surface area contributed by atoms with E-state index in [0.29, 0.717) is 19.0 Å². The SMILES string of the molecule is CCNC(=NCCN1CCOCC1)NCCS(=O)(=O)C(C)(C)C.I. The van der Waals surface area contributed by atoms with E-state index in [0.717, 1.165) is 39.4 Å². The molecule has 0 saturated carbocycles. The number of morpholine rings is 1. The van der Waals surface area contributed by atoms with Gasteiger partial charge in [-0.2, -0.15) is 0 Å². The van der Waals surface area contributed by atoms with Crippen LogP contribution >= 0.6 is 24.0 Å². The summed E-state index contributed by atoms with van der Waals surface area (Å²) in [5.41, 5.74) is 0. The molecule has 0 spiro atoms. The lowest BCUT2D eigenvalue weighted by Gasteiger charge is -2.25. The third-order valence-electron chi connectivity index (χ3n) is 3.73. The summed E-state index contributed by atoms with van der Waals surface area (Å²) in [5, 5.41) is 6.25. The summed E-state index contributed by atoms with van der Waals surface area (Å²) in [6.45, 7) is 13.3. The molecule has 0 atom stereocenters. The molecule has 1 rings (SSSR count). The maximum Gasteiger partial charge on any atom is 0.191 e. The first-order valence-corrected chi connectivity index (χ1v) is 9.96. The van der Waals surface area contributed by atoms with Crippen molar-refractivity contribution in [3.05, 3.63) is 0 Å². The Morgan fingerprint density at radius 2 is 1.83 bits per heavy atom. The summed E-state index contributed by atoms with van der Waals surface area (Å²) in [7, 11) is -3.11. The van der Waals surface area contributed by atoms with Crippen LogP contribution in [0.2, 0.25) is 0 Å². The van der Waals surface area contributed by atoms with Crippen LogP contribution in [0.1, 0.15) is 27.7 Å². The Morgan fingerprint density at radius 1 is 1.21 bits per heavy atom. The minimum Gasteiger partial charge on any atom is -0.379 e. The predicted octanol–water partition coefficient (Wildman–Crippen LogP) is 0.705. The molecule has 0 bridgehead atoms. The normalized spacial score (nSPS) is 17.2. The van der Waals surface area contributed by atoms with E-state index in [9.17, 15) is 8.42 Å². The number of nitrogens with zero attached hydrogens (tertiary/aromatic N) is 2. The van der Waals surface area contributed by atoms with Crippen molar-refractivity contribution in [1.82, 2.24) is 15.5 Å². The Balaban J connectivity index is 0.00000529. The van der Waals surface area contributed by atoms with E-state index < -0.39 is 14.6 Å². The number of hydrogen-bond donors (Lipinski definition) is 2. The van der Waals surface area contributed by atoms with Gasteiger partial charge in [-0.15, -0.1) is 24.0 Å². The second-order valence-electron chi connectivity index (χ2n) is 6.57. The van der Waals surface area contributed by atoms with Gasteiger partial charge in [-0.1, -0.05) is 0 Å². The van der Waals surface area contributed by atoms with Gasteiger partial charge in [-0.3, -0.25) is 9.89 Å². The van der Waals surface area contributed by atoms with E-state index in [-0.39, 0.29) is 29.7 Å². The quantitative estimate of drug-likeness (QED) is 0.320. The van der Waals surface area contributed by atoms with Crippen LogP contribution in [0.3, 0.4) is 0 Å². The first kappa shape index (κ1) is 23.9. The number of guanidine groups is 1. The number of hydrogen-bond acceptors (Lipinski definition) is 5. The zero-order valence-electron chi connectivity index (χ0n) is 15.3. The lowest BCUT2D eigenvalue weighted by Crippen LogP contribution is -2.42. The molecule has 9 heteroatoms. The summed E-state index contributed by atoms with van der Waals surface area (Å²) in [4.78, 5) is 6.83. The van der Waals surface area contributed by atoms with Crippen molar-refractivity contribution >= 4 is 39.8 Å². The second kappa shape index (κ2) is 11.5. The summed E-state index contributed by atoms with van der Waals surface area (Å²) in [5.74, 6) is 0.773.